The Morgan fingerprint density at radius 3 is 2.56 bits per heavy atom. The standard InChI is InChI=1S/C19H22ClN3O2/c1-12(21)19-22-15-11-14(20)5-6-16(15)23(19)9-8-13-4-7-17(24-2)18(10-13)25-3/h4-7,10-12H,8-9,21H2,1-3H3. The van der Waals surface area contributed by atoms with Gasteiger partial charge in [0.25, 0.3) is 0 Å². The van der Waals surface area contributed by atoms with E-state index in [1.54, 1.807) is 14.2 Å². The Bertz CT molecular complexity index is 890. The van der Waals surface area contributed by atoms with Crippen LogP contribution in [0, 0.1) is 0 Å². The topological polar surface area (TPSA) is 62.3 Å². The van der Waals surface area contributed by atoms with Crippen LogP contribution in [0.4, 0.5) is 0 Å². The van der Waals surface area contributed by atoms with Crippen molar-refractivity contribution in [3.63, 3.8) is 0 Å². The van der Waals surface area contributed by atoms with Crippen LogP contribution < -0.4 is 15.2 Å². The zero-order valence-corrected chi connectivity index (χ0v) is 15.4. The molecule has 2 aromatic carbocycles. The molecule has 2 N–H and O–H groups in total. The summed E-state index contributed by atoms with van der Waals surface area (Å²) in [5.74, 6) is 2.32. The molecule has 3 aromatic rings. The molecule has 3 rings (SSSR count). The number of aryl methyl sites for hydroxylation is 2. The number of hydrogen-bond donors (Lipinski definition) is 1. The molecule has 0 saturated carbocycles. The van der Waals surface area contributed by atoms with Crippen molar-refractivity contribution in [1.29, 1.82) is 0 Å². The van der Waals surface area contributed by atoms with Gasteiger partial charge in [0.15, 0.2) is 11.5 Å². The molecule has 0 radical (unpaired) electrons. The Morgan fingerprint density at radius 1 is 1.12 bits per heavy atom. The SMILES string of the molecule is COc1ccc(CCn2c(C(C)N)nc3cc(Cl)ccc32)cc1OC. The number of rotatable bonds is 6. The summed E-state index contributed by atoms with van der Waals surface area (Å²) in [7, 11) is 3.28. The largest absolute Gasteiger partial charge is 0.493 e. The number of benzene rings is 2. The van der Waals surface area contributed by atoms with Crippen LogP contribution in [0.15, 0.2) is 36.4 Å². The molecule has 1 atom stereocenters. The van der Waals surface area contributed by atoms with Gasteiger partial charge in [-0.1, -0.05) is 17.7 Å². The molecular formula is C19H22ClN3O2. The minimum atomic E-state index is -0.156. The summed E-state index contributed by atoms with van der Waals surface area (Å²) in [4.78, 5) is 4.66. The van der Waals surface area contributed by atoms with E-state index in [2.05, 4.69) is 9.55 Å². The van der Waals surface area contributed by atoms with Crippen molar-refractivity contribution < 1.29 is 9.47 Å². The van der Waals surface area contributed by atoms with Gasteiger partial charge in [-0.05, 0) is 49.2 Å². The molecule has 0 bridgehead atoms. The zero-order valence-electron chi connectivity index (χ0n) is 14.6. The van der Waals surface area contributed by atoms with E-state index in [9.17, 15) is 0 Å². The third-order valence-electron chi connectivity index (χ3n) is 4.22. The fourth-order valence-electron chi connectivity index (χ4n) is 2.98. The molecule has 0 saturated heterocycles. The van der Waals surface area contributed by atoms with E-state index in [0.717, 1.165) is 46.9 Å². The number of aromatic nitrogens is 2. The fraction of sp³-hybridized carbons (Fsp3) is 0.316. The summed E-state index contributed by atoms with van der Waals surface area (Å²) < 4.78 is 12.8. The Labute approximate surface area is 152 Å². The lowest BCUT2D eigenvalue weighted by atomic mass is 10.1. The van der Waals surface area contributed by atoms with Crippen LogP contribution in [0.2, 0.25) is 5.02 Å². The predicted molar refractivity (Wildman–Crippen MR) is 101 cm³/mol. The summed E-state index contributed by atoms with van der Waals surface area (Å²) in [6.07, 6.45) is 0.828. The number of ether oxygens (including phenoxy) is 2. The maximum absolute atomic E-state index is 6.12. The average molecular weight is 360 g/mol. The molecule has 0 fully saturated rings. The van der Waals surface area contributed by atoms with Crippen LogP contribution in [0.25, 0.3) is 11.0 Å². The van der Waals surface area contributed by atoms with Gasteiger partial charge in [-0.3, -0.25) is 0 Å². The van der Waals surface area contributed by atoms with Crippen LogP contribution >= 0.6 is 11.6 Å². The van der Waals surface area contributed by atoms with Gasteiger partial charge in [0.2, 0.25) is 0 Å². The van der Waals surface area contributed by atoms with Crippen molar-refractivity contribution in [1.82, 2.24) is 9.55 Å². The van der Waals surface area contributed by atoms with Gasteiger partial charge in [0, 0.05) is 11.6 Å². The van der Waals surface area contributed by atoms with Crippen LogP contribution in [-0.2, 0) is 13.0 Å². The van der Waals surface area contributed by atoms with Gasteiger partial charge in [-0.15, -0.1) is 0 Å². The number of imidazole rings is 1. The number of nitrogens with zero attached hydrogens (tertiary/aromatic N) is 2. The van der Waals surface area contributed by atoms with E-state index in [1.807, 2.05) is 43.3 Å². The smallest absolute Gasteiger partial charge is 0.160 e. The van der Waals surface area contributed by atoms with Gasteiger partial charge in [0.1, 0.15) is 5.82 Å². The van der Waals surface area contributed by atoms with Crippen molar-refractivity contribution >= 4 is 22.6 Å². The highest BCUT2D eigenvalue weighted by atomic mass is 35.5. The molecule has 0 spiro atoms. The van der Waals surface area contributed by atoms with E-state index < -0.39 is 0 Å². The molecule has 1 heterocycles. The quantitative estimate of drug-likeness (QED) is 0.723. The highest BCUT2D eigenvalue weighted by Gasteiger charge is 2.14. The summed E-state index contributed by atoms with van der Waals surface area (Å²) in [6.45, 7) is 2.71. The van der Waals surface area contributed by atoms with Crippen LogP contribution in [0.3, 0.4) is 0 Å². The molecule has 132 valence electrons. The first-order valence-electron chi connectivity index (χ1n) is 8.15. The summed E-state index contributed by atoms with van der Waals surface area (Å²) in [5.41, 5.74) is 9.18. The minimum Gasteiger partial charge on any atom is -0.493 e. The highest BCUT2D eigenvalue weighted by molar-refractivity contribution is 6.31. The molecule has 25 heavy (non-hydrogen) atoms. The molecular weight excluding hydrogens is 338 g/mol. The first-order valence-corrected chi connectivity index (χ1v) is 8.53. The number of methoxy groups -OCH3 is 2. The molecule has 0 amide bonds. The fourth-order valence-corrected chi connectivity index (χ4v) is 3.15. The molecule has 5 nitrogen and oxygen atoms in total. The van der Waals surface area contributed by atoms with Crippen LogP contribution in [-0.4, -0.2) is 23.8 Å². The zero-order chi connectivity index (χ0) is 18.0. The monoisotopic (exact) mass is 359 g/mol. The second-order valence-corrected chi connectivity index (χ2v) is 6.42. The summed E-state index contributed by atoms with van der Waals surface area (Å²) in [6, 6.07) is 11.6. The maximum atomic E-state index is 6.12. The van der Waals surface area contributed by atoms with Crippen molar-refractivity contribution in [2.75, 3.05) is 14.2 Å². The first-order chi connectivity index (χ1) is 12.0. The molecule has 0 aliphatic rings. The normalized spacial score (nSPS) is 12.4. The predicted octanol–water partition coefficient (Wildman–Crippen LogP) is 3.97. The second kappa shape index (κ2) is 7.33. The molecule has 0 aliphatic heterocycles. The number of nitrogens with two attached hydrogens (primary N) is 1. The van der Waals surface area contributed by atoms with Crippen molar-refractivity contribution in [2.24, 2.45) is 5.73 Å². The van der Waals surface area contributed by atoms with Crippen LogP contribution in [0.5, 0.6) is 11.5 Å². The number of fused-ring (bicyclic) bond motifs is 1. The summed E-state index contributed by atoms with van der Waals surface area (Å²) in [5, 5.41) is 0.674. The first kappa shape index (κ1) is 17.6. The average Bonchev–Trinajstić information content (AvgIpc) is 2.97. The third kappa shape index (κ3) is 3.57. The Morgan fingerprint density at radius 2 is 1.88 bits per heavy atom. The maximum Gasteiger partial charge on any atom is 0.160 e. The molecule has 1 unspecified atom stereocenters. The van der Waals surface area contributed by atoms with E-state index >= 15 is 0 Å². The van der Waals surface area contributed by atoms with Gasteiger partial charge >= 0.3 is 0 Å². The van der Waals surface area contributed by atoms with E-state index in [4.69, 9.17) is 26.8 Å². The van der Waals surface area contributed by atoms with Crippen molar-refractivity contribution in [2.45, 2.75) is 25.9 Å². The lowest BCUT2D eigenvalue weighted by molar-refractivity contribution is 0.354. The molecule has 6 heteroatoms. The lowest BCUT2D eigenvalue weighted by Gasteiger charge is -2.13. The number of hydrogen-bond acceptors (Lipinski definition) is 4. The highest BCUT2D eigenvalue weighted by Crippen LogP contribution is 2.28. The van der Waals surface area contributed by atoms with E-state index in [-0.39, 0.29) is 6.04 Å². The van der Waals surface area contributed by atoms with Gasteiger partial charge < -0.3 is 19.8 Å². The van der Waals surface area contributed by atoms with E-state index in [0.29, 0.717) is 5.02 Å². The Balaban J connectivity index is 1.91. The van der Waals surface area contributed by atoms with Crippen molar-refractivity contribution in [3.8, 4) is 11.5 Å². The number of halogens is 1. The van der Waals surface area contributed by atoms with Gasteiger partial charge in [-0.2, -0.15) is 0 Å². The van der Waals surface area contributed by atoms with E-state index in [1.165, 1.54) is 0 Å². The summed E-state index contributed by atoms with van der Waals surface area (Å²) >= 11 is 6.09. The van der Waals surface area contributed by atoms with Gasteiger partial charge in [0.05, 0.1) is 31.3 Å². The Kier molecular flexibility index (Phi) is 5.16. The minimum absolute atomic E-state index is 0.156. The van der Waals surface area contributed by atoms with Gasteiger partial charge in [-0.25, -0.2) is 4.98 Å². The Hall–Kier alpha value is -2.24. The molecule has 0 aliphatic carbocycles. The third-order valence-corrected chi connectivity index (χ3v) is 4.45. The second-order valence-electron chi connectivity index (χ2n) is 5.98. The molecule has 1 aromatic heterocycles. The van der Waals surface area contributed by atoms with Crippen LogP contribution in [0.1, 0.15) is 24.4 Å². The lowest BCUT2D eigenvalue weighted by Crippen LogP contribution is -2.14. The van der Waals surface area contributed by atoms with Crippen molar-refractivity contribution in [3.05, 3.63) is 52.8 Å².